The number of thiophene rings is 1. The average molecular weight is 372 g/mol. The first-order valence-corrected chi connectivity index (χ1v) is 9.61. The minimum Gasteiger partial charge on any atom is -0.467 e. The first-order valence-electron chi connectivity index (χ1n) is 8.73. The summed E-state index contributed by atoms with van der Waals surface area (Å²) in [7, 11) is 0. The van der Waals surface area contributed by atoms with E-state index in [1.165, 1.54) is 4.88 Å². The van der Waals surface area contributed by atoms with Gasteiger partial charge in [0, 0.05) is 24.4 Å². The van der Waals surface area contributed by atoms with E-state index in [9.17, 15) is 0 Å². The molecule has 0 bridgehead atoms. The minimum absolute atomic E-state index is 0.180. The highest BCUT2D eigenvalue weighted by Gasteiger charge is 2.09. The third-order valence-electron chi connectivity index (χ3n) is 3.95. The van der Waals surface area contributed by atoms with Crippen LogP contribution < -0.4 is 10.6 Å². The summed E-state index contributed by atoms with van der Waals surface area (Å²) in [6.07, 6.45) is 4.30. The number of aliphatic imine (C=N–C) groups is 1. The predicted octanol–water partition coefficient (Wildman–Crippen LogP) is 2.99. The molecule has 138 valence electrons. The zero-order valence-electron chi connectivity index (χ0n) is 15.1. The van der Waals surface area contributed by atoms with Gasteiger partial charge in [0.05, 0.1) is 12.3 Å². The molecule has 0 amide bonds. The molecule has 2 N–H and O–H groups in total. The van der Waals surface area contributed by atoms with Gasteiger partial charge >= 0.3 is 0 Å². The fourth-order valence-corrected chi connectivity index (χ4v) is 3.29. The van der Waals surface area contributed by atoms with E-state index in [0.717, 1.165) is 37.1 Å². The summed E-state index contributed by atoms with van der Waals surface area (Å²) < 4.78 is 7.43. The van der Waals surface area contributed by atoms with E-state index in [1.54, 1.807) is 23.9 Å². The normalized spacial score (nSPS) is 12.9. The number of guanidine groups is 1. The van der Waals surface area contributed by atoms with Crippen LogP contribution in [0, 0.1) is 0 Å². The van der Waals surface area contributed by atoms with Gasteiger partial charge in [-0.05, 0) is 30.5 Å². The number of aryl methyl sites for hydroxylation is 1. The smallest absolute Gasteiger partial charge is 0.192 e. The number of furan rings is 1. The molecule has 3 rings (SSSR count). The Morgan fingerprint density at radius 3 is 3.04 bits per heavy atom. The first kappa shape index (κ1) is 18.2. The highest BCUT2D eigenvalue weighted by Crippen LogP contribution is 2.17. The molecule has 1 unspecified atom stereocenters. The Balaban J connectivity index is 1.61. The van der Waals surface area contributed by atoms with Crippen LogP contribution in [0.2, 0.25) is 0 Å². The van der Waals surface area contributed by atoms with Crippen LogP contribution in [-0.2, 0) is 19.5 Å². The van der Waals surface area contributed by atoms with Gasteiger partial charge in [0.25, 0.3) is 0 Å². The summed E-state index contributed by atoms with van der Waals surface area (Å²) in [4.78, 5) is 5.91. The lowest BCUT2D eigenvalue weighted by Gasteiger charge is -2.17. The summed E-state index contributed by atoms with van der Waals surface area (Å²) in [6, 6.07) is 8.16. The number of rotatable bonds is 8. The zero-order chi connectivity index (χ0) is 18.2. The summed E-state index contributed by atoms with van der Waals surface area (Å²) in [6.45, 7) is 6.21. The van der Waals surface area contributed by atoms with Crippen LogP contribution in [0.15, 0.2) is 51.6 Å². The average Bonchev–Trinajstić information content (AvgIpc) is 3.41. The molecule has 1 atom stereocenters. The topological polar surface area (TPSA) is 80.3 Å². The fourth-order valence-electron chi connectivity index (χ4n) is 2.56. The molecule has 3 heterocycles. The van der Waals surface area contributed by atoms with E-state index in [4.69, 9.17) is 4.42 Å². The monoisotopic (exact) mass is 372 g/mol. The molecule has 0 saturated heterocycles. The Kier molecular flexibility index (Phi) is 6.43. The molecule has 0 radical (unpaired) electrons. The SMILES string of the molecule is CCc1nncn1CCNC(=NCc1ccco1)NC(C)c1cccs1. The molecule has 0 saturated carbocycles. The third-order valence-corrected chi connectivity index (χ3v) is 5.01. The predicted molar refractivity (Wildman–Crippen MR) is 103 cm³/mol. The molecule has 0 aromatic carbocycles. The number of nitrogens with zero attached hydrogens (tertiary/aromatic N) is 4. The van der Waals surface area contributed by atoms with Crippen molar-refractivity contribution >= 4 is 17.3 Å². The van der Waals surface area contributed by atoms with Gasteiger partial charge in [0.1, 0.15) is 24.5 Å². The van der Waals surface area contributed by atoms with Crippen LogP contribution in [-0.4, -0.2) is 27.3 Å². The second-order valence-corrected chi connectivity index (χ2v) is 6.83. The second kappa shape index (κ2) is 9.19. The molecule has 26 heavy (non-hydrogen) atoms. The van der Waals surface area contributed by atoms with Crippen molar-refractivity contribution in [2.75, 3.05) is 6.54 Å². The van der Waals surface area contributed by atoms with Crippen LogP contribution in [0.1, 0.15) is 36.4 Å². The van der Waals surface area contributed by atoms with Gasteiger partial charge in [-0.1, -0.05) is 13.0 Å². The van der Waals surface area contributed by atoms with Gasteiger partial charge in [0.15, 0.2) is 5.96 Å². The molecule has 0 fully saturated rings. The second-order valence-electron chi connectivity index (χ2n) is 5.85. The van der Waals surface area contributed by atoms with E-state index in [1.807, 2.05) is 12.1 Å². The van der Waals surface area contributed by atoms with E-state index < -0.39 is 0 Å². The highest BCUT2D eigenvalue weighted by molar-refractivity contribution is 7.10. The first-order chi connectivity index (χ1) is 12.8. The molecule has 3 aromatic heterocycles. The van der Waals surface area contributed by atoms with Gasteiger partial charge < -0.3 is 19.6 Å². The largest absolute Gasteiger partial charge is 0.467 e. The molecular weight excluding hydrogens is 348 g/mol. The molecule has 0 spiro atoms. The standard InChI is InChI=1S/C18H24N6OS/c1-3-17-23-21-13-24(17)9-8-19-18(20-12-15-6-4-10-25-15)22-14(2)16-7-5-11-26-16/h4-7,10-11,13-14H,3,8-9,12H2,1-2H3,(H2,19,20,22). The Morgan fingerprint density at radius 1 is 1.38 bits per heavy atom. The van der Waals surface area contributed by atoms with Gasteiger partial charge in [-0.2, -0.15) is 0 Å². The van der Waals surface area contributed by atoms with Gasteiger partial charge in [-0.3, -0.25) is 0 Å². The molecule has 8 heteroatoms. The summed E-state index contributed by atoms with van der Waals surface area (Å²) in [5.74, 6) is 2.58. The van der Waals surface area contributed by atoms with E-state index in [0.29, 0.717) is 6.54 Å². The lowest BCUT2D eigenvalue weighted by atomic mass is 10.3. The number of hydrogen-bond acceptors (Lipinski definition) is 5. The van der Waals surface area contributed by atoms with Gasteiger partial charge in [-0.25, -0.2) is 4.99 Å². The number of hydrogen-bond donors (Lipinski definition) is 2. The van der Waals surface area contributed by atoms with Crippen molar-refractivity contribution in [2.24, 2.45) is 4.99 Å². The van der Waals surface area contributed by atoms with Crippen molar-refractivity contribution in [2.45, 2.75) is 39.4 Å². The maximum atomic E-state index is 5.37. The summed E-state index contributed by atoms with van der Waals surface area (Å²) in [5, 5.41) is 17.0. The quantitative estimate of drug-likeness (QED) is 0.469. The van der Waals surface area contributed by atoms with Crippen molar-refractivity contribution in [1.82, 2.24) is 25.4 Å². The summed E-state index contributed by atoms with van der Waals surface area (Å²) in [5.41, 5.74) is 0. The lowest BCUT2D eigenvalue weighted by molar-refractivity contribution is 0.511. The molecule has 7 nitrogen and oxygen atoms in total. The van der Waals surface area contributed by atoms with Crippen molar-refractivity contribution < 1.29 is 4.42 Å². The minimum atomic E-state index is 0.180. The van der Waals surface area contributed by atoms with Crippen molar-refractivity contribution in [3.05, 3.63) is 58.7 Å². The Labute approximate surface area is 157 Å². The van der Waals surface area contributed by atoms with E-state index in [-0.39, 0.29) is 6.04 Å². The number of nitrogens with one attached hydrogen (secondary N) is 2. The van der Waals surface area contributed by atoms with Crippen LogP contribution in [0.5, 0.6) is 0 Å². The Morgan fingerprint density at radius 2 is 2.31 bits per heavy atom. The van der Waals surface area contributed by atoms with Crippen LogP contribution in [0.3, 0.4) is 0 Å². The Hall–Kier alpha value is -2.61. The highest BCUT2D eigenvalue weighted by atomic mass is 32.1. The van der Waals surface area contributed by atoms with Crippen molar-refractivity contribution in [1.29, 1.82) is 0 Å². The van der Waals surface area contributed by atoms with Crippen LogP contribution in [0.25, 0.3) is 0 Å². The Bertz CT molecular complexity index is 794. The molecule has 0 aliphatic carbocycles. The van der Waals surface area contributed by atoms with Crippen molar-refractivity contribution in [3.63, 3.8) is 0 Å². The lowest BCUT2D eigenvalue weighted by Crippen LogP contribution is -2.40. The third kappa shape index (κ3) is 4.95. The molecule has 0 aliphatic rings. The number of aromatic nitrogens is 3. The van der Waals surface area contributed by atoms with Crippen LogP contribution in [0.4, 0.5) is 0 Å². The van der Waals surface area contributed by atoms with Gasteiger partial charge in [-0.15, -0.1) is 21.5 Å². The fraction of sp³-hybridized carbons (Fsp3) is 0.389. The molecular formula is C18H24N6OS. The molecule has 0 aliphatic heterocycles. The maximum Gasteiger partial charge on any atom is 0.192 e. The zero-order valence-corrected chi connectivity index (χ0v) is 15.9. The van der Waals surface area contributed by atoms with E-state index >= 15 is 0 Å². The van der Waals surface area contributed by atoms with Crippen molar-refractivity contribution in [3.8, 4) is 0 Å². The maximum absolute atomic E-state index is 5.37. The molecule has 3 aromatic rings. The van der Waals surface area contributed by atoms with E-state index in [2.05, 4.69) is 61.8 Å². The summed E-state index contributed by atoms with van der Waals surface area (Å²) >= 11 is 1.73. The van der Waals surface area contributed by atoms with Gasteiger partial charge in [0.2, 0.25) is 0 Å². The van der Waals surface area contributed by atoms with Crippen LogP contribution >= 0.6 is 11.3 Å².